The minimum absolute atomic E-state index is 0.845. The Balaban J connectivity index is 1.94. The van der Waals surface area contributed by atoms with Gasteiger partial charge in [0, 0.05) is 5.71 Å². The van der Waals surface area contributed by atoms with Crippen LogP contribution >= 0.6 is 0 Å². The predicted molar refractivity (Wildman–Crippen MR) is 88.8 cm³/mol. The third-order valence-corrected chi connectivity index (χ3v) is 3.54. The molecule has 0 fully saturated rings. The number of hydrogen-bond donors (Lipinski definition) is 0. The predicted octanol–water partition coefficient (Wildman–Crippen LogP) is 4.99. The fourth-order valence-corrected chi connectivity index (χ4v) is 2.33. The SMILES string of the molecule is COc1ccc(N=C(C)c2ccc3ccccc3c2)cc1. The molecule has 0 heterocycles. The summed E-state index contributed by atoms with van der Waals surface area (Å²) in [7, 11) is 1.67. The molecule has 0 aliphatic carbocycles. The van der Waals surface area contributed by atoms with E-state index in [-0.39, 0.29) is 0 Å². The molecular weight excluding hydrogens is 258 g/mol. The fraction of sp³-hybridized carbons (Fsp3) is 0.105. The number of nitrogens with zero attached hydrogens (tertiary/aromatic N) is 1. The summed E-state index contributed by atoms with van der Waals surface area (Å²) in [6.07, 6.45) is 0. The summed E-state index contributed by atoms with van der Waals surface area (Å²) in [5, 5.41) is 2.48. The first-order chi connectivity index (χ1) is 10.3. The van der Waals surface area contributed by atoms with Crippen molar-refractivity contribution < 1.29 is 4.74 Å². The van der Waals surface area contributed by atoms with Crippen LogP contribution in [0, 0.1) is 0 Å². The molecule has 3 aromatic carbocycles. The molecule has 0 unspecified atom stereocenters. The van der Waals surface area contributed by atoms with Crippen LogP contribution in [0.4, 0.5) is 5.69 Å². The molecule has 0 aromatic heterocycles. The first-order valence-corrected chi connectivity index (χ1v) is 6.95. The third kappa shape index (κ3) is 2.95. The van der Waals surface area contributed by atoms with Gasteiger partial charge < -0.3 is 4.74 Å². The highest BCUT2D eigenvalue weighted by molar-refractivity contribution is 6.03. The number of fused-ring (bicyclic) bond motifs is 1. The van der Waals surface area contributed by atoms with Gasteiger partial charge in [0.05, 0.1) is 12.8 Å². The van der Waals surface area contributed by atoms with E-state index in [9.17, 15) is 0 Å². The Kier molecular flexibility index (Phi) is 3.69. The molecule has 0 aliphatic rings. The van der Waals surface area contributed by atoms with Gasteiger partial charge in [-0.05, 0) is 53.6 Å². The topological polar surface area (TPSA) is 21.6 Å². The van der Waals surface area contributed by atoms with Crippen LogP contribution in [0.3, 0.4) is 0 Å². The van der Waals surface area contributed by atoms with Gasteiger partial charge in [0.2, 0.25) is 0 Å². The molecule has 0 bridgehead atoms. The van der Waals surface area contributed by atoms with E-state index in [1.54, 1.807) is 7.11 Å². The number of aliphatic imine (C=N–C) groups is 1. The maximum Gasteiger partial charge on any atom is 0.119 e. The van der Waals surface area contributed by atoms with Gasteiger partial charge in [-0.2, -0.15) is 0 Å². The van der Waals surface area contributed by atoms with Crippen LogP contribution in [0.1, 0.15) is 12.5 Å². The van der Waals surface area contributed by atoms with E-state index in [4.69, 9.17) is 4.74 Å². The second-order valence-electron chi connectivity index (χ2n) is 4.96. The highest BCUT2D eigenvalue weighted by Crippen LogP contribution is 2.20. The van der Waals surface area contributed by atoms with Gasteiger partial charge in [0.15, 0.2) is 0 Å². The van der Waals surface area contributed by atoms with Crippen LogP contribution in [0.2, 0.25) is 0 Å². The highest BCUT2D eigenvalue weighted by Gasteiger charge is 2.00. The first kappa shape index (κ1) is 13.4. The van der Waals surface area contributed by atoms with E-state index in [2.05, 4.69) is 47.5 Å². The average Bonchev–Trinajstić information content (AvgIpc) is 2.55. The zero-order valence-corrected chi connectivity index (χ0v) is 12.2. The van der Waals surface area contributed by atoms with Crippen molar-refractivity contribution in [2.45, 2.75) is 6.92 Å². The van der Waals surface area contributed by atoms with E-state index in [0.29, 0.717) is 0 Å². The first-order valence-electron chi connectivity index (χ1n) is 6.95. The molecule has 3 rings (SSSR count). The van der Waals surface area contributed by atoms with Crippen molar-refractivity contribution >= 4 is 22.2 Å². The summed E-state index contributed by atoms with van der Waals surface area (Å²) in [4.78, 5) is 4.67. The summed E-state index contributed by atoms with van der Waals surface area (Å²) in [6.45, 7) is 2.04. The van der Waals surface area contributed by atoms with Gasteiger partial charge in [0.1, 0.15) is 5.75 Å². The van der Waals surface area contributed by atoms with Crippen LogP contribution in [-0.2, 0) is 0 Å². The van der Waals surface area contributed by atoms with Crippen molar-refractivity contribution in [3.8, 4) is 5.75 Å². The second kappa shape index (κ2) is 5.80. The van der Waals surface area contributed by atoms with E-state index in [1.807, 2.05) is 31.2 Å². The number of methoxy groups -OCH3 is 1. The minimum atomic E-state index is 0.845. The molecule has 0 N–H and O–H groups in total. The van der Waals surface area contributed by atoms with Crippen LogP contribution in [-0.4, -0.2) is 12.8 Å². The Morgan fingerprint density at radius 2 is 1.57 bits per heavy atom. The highest BCUT2D eigenvalue weighted by atomic mass is 16.5. The number of hydrogen-bond acceptors (Lipinski definition) is 2. The molecule has 2 nitrogen and oxygen atoms in total. The van der Waals surface area contributed by atoms with Crippen molar-refractivity contribution in [3.05, 3.63) is 72.3 Å². The van der Waals surface area contributed by atoms with E-state index >= 15 is 0 Å². The monoisotopic (exact) mass is 275 g/mol. The lowest BCUT2D eigenvalue weighted by atomic mass is 10.0. The molecular formula is C19H17NO. The Labute approximate surface area is 124 Å². The Bertz CT molecular complexity index is 788. The summed E-state index contributed by atoms with van der Waals surface area (Å²) in [6, 6.07) is 22.6. The van der Waals surface area contributed by atoms with Gasteiger partial charge in [-0.1, -0.05) is 36.4 Å². The van der Waals surface area contributed by atoms with Gasteiger partial charge in [-0.25, -0.2) is 0 Å². The third-order valence-electron chi connectivity index (χ3n) is 3.54. The van der Waals surface area contributed by atoms with Crippen LogP contribution in [0.5, 0.6) is 5.75 Å². The van der Waals surface area contributed by atoms with E-state index < -0.39 is 0 Å². The molecule has 0 saturated heterocycles. The van der Waals surface area contributed by atoms with Gasteiger partial charge >= 0.3 is 0 Å². The number of ether oxygens (including phenoxy) is 1. The van der Waals surface area contributed by atoms with Gasteiger partial charge in [0.25, 0.3) is 0 Å². The molecule has 2 heteroatoms. The Hall–Kier alpha value is -2.61. The van der Waals surface area contributed by atoms with Crippen molar-refractivity contribution in [2.24, 2.45) is 4.99 Å². The summed E-state index contributed by atoms with van der Waals surface area (Å²) < 4.78 is 5.16. The van der Waals surface area contributed by atoms with Gasteiger partial charge in [-0.3, -0.25) is 4.99 Å². The van der Waals surface area contributed by atoms with E-state index in [0.717, 1.165) is 22.7 Å². The largest absolute Gasteiger partial charge is 0.497 e. The Morgan fingerprint density at radius 1 is 0.857 bits per heavy atom. The van der Waals surface area contributed by atoms with Crippen molar-refractivity contribution in [3.63, 3.8) is 0 Å². The molecule has 0 aliphatic heterocycles. The number of rotatable bonds is 3. The molecule has 0 atom stereocenters. The van der Waals surface area contributed by atoms with Crippen molar-refractivity contribution in [1.82, 2.24) is 0 Å². The molecule has 0 amide bonds. The van der Waals surface area contributed by atoms with Crippen LogP contribution < -0.4 is 4.74 Å². The summed E-state index contributed by atoms with van der Waals surface area (Å²) >= 11 is 0. The molecule has 104 valence electrons. The normalized spacial score (nSPS) is 11.6. The maximum absolute atomic E-state index is 5.16. The summed E-state index contributed by atoms with van der Waals surface area (Å²) in [5.41, 5.74) is 3.08. The standard InChI is InChI=1S/C19H17NO/c1-14(20-18-9-11-19(21-2)12-10-18)16-8-7-15-5-3-4-6-17(15)13-16/h3-13H,1-2H3. The lowest BCUT2D eigenvalue weighted by Gasteiger charge is -2.04. The second-order valence-corrected chi connectivity index (χ2v) is 4.96. The van der Waals surface area contributed by atoms with Gasteiger partial charge in [-0.15, -0.1) is 0 Å². The molecule has 0 spiro atoms. The Morgan fingerprint density at radius 3 is 2.29 bits per heavy atom. The van der Waals surface area contributed by atoms with Crippen LogP contribution in [0.15, 0.2) is 71.7 Å². The smallest absolute Gasteiger partial charge is 0.119 e. The lowest BCUT2D eigenvalue weighted by molar-refractivity contribution is 0.415. The molecule has 21 heavy (non-hydrogen) atoms. The lowest BCUT2D eigenvalue weighted by Crippen LogP contribution is -1.93. The minimum Gasteiger partial charge on any atom is -0.497 e. The average molecular weight is 275 g/mol. The molecule has 3 aromatic rings. The fourth-order valence-electron chi connectivity index (χ4n) is 2.33. The molecule has 0 saturated carbocycles. The zero-order valence-electron chi connectivity index (χ0n) is 12.2. The quantitative estimate of drug-likeness (QED) is 0.617. The van der Waals surface area contributed by atoms with Crippen molar-refractivity contribution in [2.75, 3.05) is 7.11 Å². The summed E-state index contributed by atoms with van der Waals surface area (Å²) in [5.74, 6) is 0.845. The van der Waals surface area contributed by atoms with Crippen LogP contribution in [0.25, 0.3) is 10.8 Å². The maximum atomic E-state index is 5.16. The van der Waals surface area contributed by atoms with E-state index in [1.165, 1.54) is 10.8 Å². The zero-order chi connectivity index (χ0) is 14.7. The molecule has 0 radical (unpaired) electrons. The van der Waals surface area contributed by atoms with Crippen molar-refractivity contribution in [1.29, 1.82) is 0 Å². The number of benzene rings is 3.